The highest BCUT2D eigenvalue weighted by Crippen LogP contribution is 2.23. The molecule has 2 heterocycles. The molecule has 3 rings (SSSR count). The van der Waals surface area contributed by atoms with Crippen LogP contribution in [-0.4, -0.2) is 76.4 Å². The number of carbonyl (C=O) groups is 2. The first-order valence-electron chi connectivity index (χ1n) is 9.40. The summed E-state index contributed by atoms with van der Waals surface area (Å²) >= 11 is 0. The third kappa shape index (κ3) is 4.51. The number of aromatic nitrogens is 2. The van der Waals surface area contributed by atoms with Crippen LogP contribution >= 0.6 is 0 Å². The van der Waals surface area contributed by atoms with Gasteiger partial charge in [-0.25, -0.2) is 4.68 Å². The second-order valence-electron chi connectivity index (χ2n) is 7.01. The van der Waals surface area contributed by atoms with E-state index in [4.69, 9.17) is 9.84 Å². The quantitative estimate of drug-likeness (QED) is 0.816. The number of aliphatic carboxylic acids is 1. The standard InChI is InChI=1S/C20H26N4O4/c1-22(14-18(25)26)15-9-6-11-23(12-10-15)20(27)19-17(28-2)13-24(21-19)16-7-4-3-5-8-16/h3-5,7-8,13,15H,6,9-12,14H2,1-2H3,(H,25,26). The van der Waals surface area contributed by atoms with E-state index in [2.05, 4.69) is 5.10 Å². The minimum Gasteiger partial charge on any atom is -0.493 e. The van der Waals surface area contributed by atoms with E-state index in [1.807, 2.05) is 42.3 Å². The number of methoxy groups -OCH3 is 1. The zero-order chi connectivity index (χ0) is 20.1. The minimum absolute atomic E-state index is 0.00785. The molecular weight excluding hydrogens is 360 g/mol. The van der Waals surface area contributed by atoms with E-state index in [9.17, 15) is 9.59 Å². The Kier molecular flexibility index (Phi) is 6.30. The van der Waals surface area contributed by atoms with Crippen molar-refractivity contribution in [3.63, 3.8) is 0 Å². The van der Waals surface area contributed by atoms with Gasteiger partial charge in [0.15, 0.2) is 11.4 Å². The molecule has 8 nitrogen and oxygen atoms in total. The number of carboxylic acids is 1. The molecule has 1 aromatic carbocycles. The molecule has 2 aromatic rings. The van der Waals surface area contributed by atoms with Crippen molar-refractivity contribution in [1.29, 1.82) is 0 Å². The molecule has 1 N–H and O–H groups in total. The van der Waals surface area contributed by atoms with E-state index in [1.54, 1.807) is 15.8 Å². The van der Waals surface area contributed by atoms with Gasteiger partial charge in [-0.2, -0.15) is 5.10 Å². The van der Waals surface area contributed by atoms with Crippen molar-refractivity contribution < 1.29 is 19.4 Å². The Morgan fingerprint density at radius 2 is 2.00 bits per heavy atom. The lowest BCUT2D eigenvalue weighted by Gasteiger charge is -2.25. The number of para-hydroxylation sites is 1. The molecular formula is C20H26N4O4. The molecule has 0 bridgehead atoms. The fourth-order valence-corrected chi connectivity index (χ4v) is 3.58. The van der Waals surface area contributed by atoms with Gasteiger partial charge in [0.05, 0.1) is 25.5 Å². The number of likely N-dealkylation sites (N-methyl/N-ethyl adjacent to an activating group) is 1. The lowest BCUT2D eigenvalue weighted by molar-refractivity contribution is -0.138. The zero-order valence-electron chi connectivity index (χ0n) is 16.2. The van der Waals surface area contributed by atoms with Crippen molar-refractivity contribution in [3.05, 3.63) is 42.2 Å². The number of carboxylic acid groups (broad SMARTS) is 1. The monoisotopic (exact) mass is 386 g/mol. The van der Waals surface area contributed by atoms with Gasteiger partial charge in [-0.15, -0.1) is 0 Å². The van der Waals surface area contributed by atoms with Crippen molar-refractivity contribution in [2.75, 3.05) is 33.8 Å². The molecule has 1 fully saturated rings. The lowest BCUT2D eigenvalue weighted by atomic mass is 10.1. The molecule has 1 aromatic heterocycles. The van der Waals surface area contributed by atoms with Crippen LogP contribution in [0.2, 0.25) is 0 Å². The number of ether oxygens (including phenoxy) is 1. The Hall–Kier alpha value is -2.87. The van der Waals surface area contributed by atoms with Crippen LogP contribution in [0.5, 0.6) is 5.75 Å². The van der Waals surface area contributed by atoms with E-state index in [0.717, 1.165) is 24.9 Å². The van der Waals surface area contributed by atoms with Gasteiger partial charge in [0.1, 0.15) is 0 Å². The predicted octanol–water partition coefficient (Wildman–Crippen LogP) is 1.89. The number of benzene rings is 1. The van der Waals surface area contributed by atoms with Gasteiger partial charge in [-0.05, 0) is 38.4 Å². The third-order valence-corrected chi connectivity index (χ3v) is 5.12. The van der Waals surface area contributed by atoms with E-state index in [0.29, 0.717) is 24.5 Å². The molecule has 0 spiro atoms. The maximum atomic E-state index is 13.1. The van der Waals surface area contributed by atoms with Crippen LogP contribution < -0.4 is 4.74 Å². The Labute approximate surface area is 164 Å². The van der Waals surface area contributed by atoms with Gasteiger partial charge in [0.25, 0.3) is 5.91 Å². The Balaban J connectivity index is 1.73. The van der Waals surface area contributed by atoms with Gasteiger partial charge < -0.3 is 14.7 Å². The molecule has 1 amide bonds. The summed E-state index contributed by atoms with van der Waals surface area (Å²) in [6.45, 7) is 1.19. The molecule has 150 valence electrons. The van der Waals surface area contributed by atoms with Crippen LogP contribution in [0.3, 0.4) is 0 Å². The summed E-state index contributed by atoms with van der Waals surface area (Å²) in [5.41, 5.74) is 1.15. The second-order valence-corrected chi connectivity index (χ2v) is 7.01. The van der Waals surface area contributed by atoms with Gasteiger partial charge >= 0.3 is 5.97 Å². The summed E-state index contributed by atoms with van der Waals surface area (Å²) in [5.74, 6) is -0.554. The van der Waals surface area contributed by atoms with Crippen LogP contribution in [0.15, 0.2) is 36.5 Å². The molecule has 1 aliphatic rings. The molecule has 0 saturated carbocycles. The normalized spacial score (nSPS) is 17.4. The Bertz CT molecular complexity index is 821. The largest absolute Gasteiger partial charge is 0.493 e. The summed E-state index contributed by atoms with van der Waals surface area (Å²) in [4.78, 5) is 27.7. The van der Waals surface area contributed by atoms with E-state index in [1.165, 1.54) is 7.11 Å². The van der Waals surface area contributed by atoms with Crippen LogP contribution in [0.25, 0.3) is 5.69 Å². The van der Waals surface area contributed by atoms with E-state index < -0.39 is 5.97 Å². The molecule has 1 unspecified atom stereocenters. The number of carbonyl (C=O) groups excluding carboxylic acids is 1. The highest BCUT2D eigenvalue weighted by Gasteiger charge is 2.28. The fourth-order valence-electron chi connectivity index (χ4n) is 3.58. The highest BCUT2D eigenvalue weighted by molar-refractivity contribution is 5.95. The molecule has 1 saturated heterocycles. The number of likely N-dealkylation sites (tertiary alicyclic amines) is 1. The van der Waals surface area contributed by atoms with Crippen molar-refractivity contribution >= 4 is 11.9 Å². The summed E-state index contributed by atoms with van der Waals surface area (Å²) < 4.78 is 7.04. The number of hydrogen-bond donors (Lipinski definition) is 1. The van der Waals surface area contributed by atoms with Crippen molar-refractivity contribution in [3.8, 4) is 11.4 Å². The average Bonchev–Trinajstić information content (AvgIpc) is 2.97. The maximum Gasteiger partial charge on any atom is 0.317 e. The van der Waals surface area contributed by atoms with E-state index in [-0.39, 0.29) is 18.5 Å². The maximum absolute atomic E-state index is 13.1. The van der Waals surface area contributed by atoms with Gasteiger partial charge in [0.2, 0.25) is 0 Å². The number of rotatable bonds is 6. The summed E-state index contributed by atoms with van der Waals surface area (Å²) in [6, 6.07) is 9.72. The van der Waals surface area contributed by atoms with Crippen LogP contribution in [0.4, 0.5) is 0 Å². The lowest BCUT2D eigenvalue weighted by Crippen LogP contribution is -2.37. The van der Waals surface area contributed by atoms with Crippen molar-refractivity contribution in [2.24, 2.45) is 0 Å². The summed E-state index contributed by atoms with van der Waals surface area (Å²) in [5, 5.41) is 13.5. The first kappa shape index (κ1) is 19.9. The summed E-state index contributed by atoms with van der Waals surface area (Å²) in [6.07, 6.45) is 4.13. The smallest absolute Gasteiger partial charge is 0.317 e. The number of amides is 1. The van der Waals surface area contributed by atoms with Gasteiger partial charge in [0, 0.05) is 19.1 Å². The van der Waals surface area contributed by atoms with E-state index >= 15 is 0 Å². The predicted molar refractivity (Wildman–Crippen MR) is 104 cm³/mol. The minimum atomic E-state index is -0.837. The van der Waals surface area contributed by atoms with Crippen molar-refractivity contribution in [2.45, 2.75) is 25.3 Å². The average molecular weight is 386 g/mol. The zero-order valence-corrected chi connectivity index (χ0v) is 16.2. The third-order valence-electron chi connectivity index (χ3n) is 5.12. The molecule has 0 radical (unpaired) electrons. The van der Waals surface area contributed by atoms with Crippen LogP contribution in [0, 0.1) is 0 Å². The SMILES string of the molecule is COc1cn(-c2ccccc2)nc1C(=O)N1CCCC(N(C)CC(=O)O)CC1. The van der Waals surface area contributed by atoms with Gasteiger partial charge in [-0.1, -0.05) is 18.2 Å². The number of nitrogens with zero attached hydrogens (tertiary/aromatic N) is 4. The second kappa shape index (κ2) is 8.88. The Morgan fingerprint density at radius 1 is 1.25 bits per heavy atom. The van der Waals surface area contributed by atoms with Crippen molar-refractivity contribution in [1.82, 2.24) is 19.6 Å². The topological polar surface area (TPSA) is 87.9 Å². The molecule has 0 aliphatic carbocycles. The van der Waals surface area contributed by atoms with Gasteiger partial charge in [-0.3, -0.25) is 14.5 Å². The molecule has 28 heavy (non-hydrogen) atoms. The molecule has 1 atom stereocenters. The Morgan fingerprint density at radius 3 is 2.68 bits per heavy atom. The first-order valence-corrected chi connectivity index (χ1v) is 9.40. The van der Waals surface area contributed by atoms with Crippen LogP contribution in [0.1, 0.15) is 29.8 Å². The number of hydrogen-bond acceptors (Lipinski definition) is 5. The first-order chi connectivity index (χ1) is 13.5. The highest BCUT2D eigenvalue weighted by atomic mass is 16.5. The molecule has 1 aliphatic heterocycles. The van der Waals surface area contributed by atoms with Crippen LogP contribution in [-0.2, 0) is 4.79 Å². The fraction of sp³-hybridized carbons (Fsp3) is 0.450. The molecule has 8 heteroatoms. The summed E-state index contributed by atoms with van der Waals surface area (Å²) in [7, 11) is 3.35.